The second kappa shape index (κ2) is 4.24. The number of nitrogens with one attached hydrogen (secondary N) is 1. The van der Waals surface area contributed by atoms with Crippen molar-refractivity contribution in [1.29, 1.82) is 0 Å². The molecule has 1 aromatic carbocycles. The average Bonchev–Trinajstić information content (AvgIpc) is 2.30. The summed E-state index contributed by atoms with van der Waals surface area (Å²) in [6, 6.07) is 8.01. The summed E-state index contributed by atoms with van der Waals surface area (Å²) in [6.07, 6.45) is 5.89. The standard InChI is InChI=1S/C14H17N3/c15-12-6-7-13(17-9-10-3-1-4-10)11-5-2-8-16-14(11)12/h2,5-8,10,17H,1,3-4,9,15H2. The van der Waals surface area contributed by atoms with Crippen LogP contribution in [0.3, 0.4) is 0 Å². The van der Waals surface area contributed by atoms with Crippen LogP contribution < -0.4 is 11.1 Å². The lowest BCUT2D eigenvalue weighted by atomic mass is 9.85. The van der Waals surface area contributed by atoms with Gasteiger partial charge in [-0.2, -0.15) is 0 Å². The van der Waals surface area contributed by atoms with Crippen molar-refractivity contribution < 1.29 is 0 Å². The van der Waals surface area contributed by atoms with E-state index in [1.54, 1.807) is 6.20 Å². The summed E-state index contributed by atoms with van der Waals surface area (Å²) < 4.78 is 0. The van der Waals surface area contributed by atoms with Crippen LogP contribution in [0.2, 0.25) is 0 Å². The zero-order chi connectivity index (χ0) is 11.7. The molecule has 2 aromatic rings. The van der Waals surface area contributed by atoms with E-state index in [9.17, 15) is 0 Å². The van der Waals surface area contributed by atoms with Crippen LogP contribution in [0.1, 0.15) is 19.3 Å². The molecule has 3 N–H and O–H groups in total. The Morgan fingerprint density at radius 1 is 1.29 bits per heavy atom. The highest BCUT2D eigenvalue weighted by atomic mass is 14.9. The van der Waals surface area contributed by atoms with Gasteiger partial charge in [0.05, 0.1) is 11.2 Å². The number of nitrogen functional groups attached to an aromatic ring is 1. The zero-order valence-corrected chi connectivity index (χ0v) is 9.82. The molecule has 0 amide bonds. The molecule has 17 heavy (non-hydrogen) atoms. The summed E-state index contributed by atoms with van der Waals surface area (Å²) in [7, 11) is 0. The van der Waals surface area contributed by atoms with E-state index in [4.69, 9.17) is 5.73 Å². The van der Waals surface area contributed by atoms with E-state index in [0.717, 1.165) is 34.7 Å². The quantitative estimate of drug-likeness (QED) is 0.792. The maximum absolute atomic E-state index is 5.93. The summed E-state index contributed by atoms with van der Waals surface area (Å²) in [5, 5.41) is 4.64. The molecule has 1 aliphatic rings. The van der Waals surface area contributed by atoms with Crippen LogP contribution in [0.5, 0.6) is 0 Å². The van der Waals surface area contributed by atoms with Crippen LogP contribution in [0.15, 0.2) is 30.5 Å². The van der Waals surface area contributed by atoms with Crippen LogP contribution in [0, 0.1) is 5.92 Å². The minimum absolute atomic E-state index is 0.745. The number of nitrogens with two attached hydrogens (primary N) is 1. The molecule has 1 heterocycles. The summed E-state index contributed by atoms with van der Waals surface area (Å²) >= 11 is 0. The first kappa shape index (κ1) is 10.4. The van der Waals surface area contributed by atoms with Gasteiger partial charge in [0, 0.05) is 23.8 Å². The van der Waals surface area contributed by atoms with Gasteiger partial charge in [0.25, 0.3) is 0 Å². The largest absolute Gasteiger partial charge is 0.397 e. The van der Waals surface area contributed by atoms with Gasteiger partial charge in [-0.3, -0.25) is 4.98 Å². The Labute approximate surface area is 101 Å². The van der Waals surface area contributed by atoms with E-state index in [1.807, 2.05) is 12.1 Å². The van der Waals surface area contributed by atoms with Crippen LogP contribution in [-0.4, -0.2) is 11.5 Å². The van der Waals surface area contributed by atoms with Crippen molar-refractivity contribution in [2.75, 3.05) is 17.6 Å². The molecule has 0 spiro atoms. The second-order valence-electron chi connectivity index (χ2n) is 4.78. The maximum Gasteiger partial charge on any atom is 0.0951 e. The van der Waals surface area contributed by atoms with Gasteiger partial charge in [0.1, 0.15) is 0 Å². The van der Waals surface area contributed by atoms with Crippen LogP contribution in [-0.2, 0) is 0 Å². The van der Waals surface area contributed by atoms with Crippen LogP contribution in [0.4, 0.5) is 11.4 Å². The number of hydrogen-bond donors (Lipinski definition) is 2. The van der Waals surface area contributed by atoms with E-state index in [-0.39, 0.29) is 0 Å². The van der Waals surface area contributed by atoms with Gasteiger partial charge < -0.3 is 11.1 Å². The van der Waals surface area contributed by atoms with Gasteiger partial charge in [0.15, 0.2) is 0 Å². The highest BCUT2D eigenvalue weighted by Gasteiger charge is 2.17. The van der Waals surface area contributed by atoms with E-state index in [2.05, 4.69) is 22.4 Å². The minimum Gasteiger partial charge on any atom is -0.397 e. The summed E-state index contributed by atoms with van der Waals surface area (Å²) in [4.78, 5) is 4.34. The molecule has 0 unspecified atom stereocenters. The Morgan fingerprint density at radius 2 is 2.18 bits per heavy atom. The molecule has 1 fully saturated rings. The number of nitrogens with zero attached hydrogens (tertiary/aromatic N) is 1. The Hall–Kier alpha value is -1.77. The average molecular weight is 227 g/mol. The molecular weight excluding hydrogens is 210 g/mol. The number of pyridine rings is 1. The highest BCUT2D eigenvalue weighted by molar-refractivity contribution is 5.98. The van der Waals surface area contributed by atoms with Gasteiger partial charge in [-0.05, 0) is 43.0 Å². The fraction of sp³-hybridized carbons (Fsp3) is 0.357. The van der Waals surface area contributed by atoms with Crippen molar-refractivity contribution in [1.82, 2.24) is 4.98 Å². The number of benzene rings is 1. The number of rotatable bonds is 3. The molecule has 1 saturated carbocycles. The highest BCUT2D eigenvalue weighted by Crippen LogP contribution is 2.29. The lowest BCUT2D eigenvalue weighted by molar-refractivity contribution is 0.333. The molecule has 3 nitrogen and oxygen atoms in total. The molecule has 0 radical (unpaired) electrons. The smallest absolute Gasteiger partial charge is 0.0951 e. The number of fused-ring (bicyclic) bond motifs is 1. The Morgan fingerprint density at radius 3 is 2.94 bits per heavy atom. The summed E-state index contributed by atoms with van der Waals surface area (Å²) in [5.41, 5.74) is 8.72. The van der Waals surface area contributed by atoms with Crippen LogP contribution >= 0.6 is 0 Å². The Bertz CT molecular complexity index is 532. The van der Waals surface area contributed by atoms with Gasteiger partial charge >= 0.3 is 0 Å². The third-order valence-corrected chi connectivity index (χ3v) is 3.61. The van der Waals surface area contributed by atoms with E-state index < -0.39 is 0 Å². The van der Waals surface area contributed by atoms with Crippen molar-refractivity contribution in [3.63, 3.8) is 0 Å². The van der Waals surface area contributed by atoms with Crippen molar-refractivity contribution in [3.8, 4) is 0 Å². The van der Waals surface area contributed by atoms with Crippen molar-refractivity contribution in [3.05, 3.63) is 30.5 Å². The molecule has 0 aliphatic heterocycles. The molecule has 0 bridgehead atoms. The Kier molecular flexibility index (Phi) is 2.59. The maximum atomic E-state index is 5.93. The lowest BCUT2D eigenvalue weighted by Crippen LogP contribution is -2.21. The first-order valence-electron chi connectivity index (χ1n) is 6.21. The number of hydrogen-bond acceptors (Lipinski definition) is 3. The molecule has 1 aromatic heterocycles. The summed E-state index contributed by atoms with van der Waals surface area (Å²) in [5.74, 6) is 0.847. The van der Waals surface area contributed by atoms with Gasteiger partial charge in [0.2, 0.25) is 0 Å². The van der Waals surface area contributed by atoms with Gasteiger partial charge in [-0.25, -0.2) is 0 Å². The fourth-order valence-electron chi connectivity index (χ4n) is 2.30. The first-order chi connectivity index (χ1) is 8.34. The van der Waals surface area contributed by atoms with Gasteiger partial charge in [-0.15, -0.1) is 0 Å². The van der Waals surface area contributed by atoms with E-state index >= 15 is 0 Å². The third-order valence-electron chi connectivity index (χ3n) is 3.61. The molecule has 3 rings (SSSR count). The fourth-order valence-corrected chi connectivity index (χ4v) is 2.30. The number of aromatic nitrogens is 1. The second-order valence-corrected chi connectivity index (χ2v) is 4.78. The molecule has 88 valence electrons. The molecule has 0 saturated heterocycles. The predicted molar refractivity (Wildman–Crippen MR) is 72.0 cm³/mol. The van der Waals surface area contributed by atoms with Crippen molar-refractivity contribution >= 4 is 22.3 Å². The SMILES string of the molecule is Nc1ccc(NCC2CCC2)c2cccnc12. The van der Waals surface area contributed by atoms with Crippen molar-refractivity contribution in [2.24, 2.45) is 5.92 Å². The van der Waals surface area contributed by atoms with Crippen LogP contribution in [0.25, 0.3) is 10.9 Å². The topological polar surface area (TPSA) is 50.9 Å². The first-order valence-corrected chi connectivity index (χ1v) is 6.21. The lowest BCUT2D eigenvalue weighted by Gasteiger charge is -2.26. The minimum atomic E-state index is 0.745. The molecule has 3 heteroatoms. The molecule has 0 atom stereocenters. The van der Waals surface area contributed by atoms with E-state index in [0.29, 0.717) is 0 Å². The zero-order valence-electron chi connectivity index (χ0n) is 9.82. The monoisotopic (exact) mass is 227 g/mol. The Balaban J connectivity index is 1.90. The molecular formula is C14H17N3. The predicted octanol–water partition coefficient (Wildman–Crippen LogP) is 3.03. The van der Waals surface area contributed by atoms with E-state index in [1.165, 1.54) is 19.3 Å². The normalized spacial score (nSPS) is 15.8. The summed E-state index contributed by atoms with van der Waals surface area (Å²) in [6.45, 7) is 1.06. The number of anilines is 2. The van der Waals surface area contributed by atoms with Gasteiger partial charge in [-0.1, -0.05) is 6.42 Å². The van der Waals surface area contributed by atoms with Crippen molar-refractivity contribution in [2.45, 2.75) is 19.3 Å². The molecule has 1 aliphatic carbocycles. The third kappa shape index (κ3) is 1.93.